The number of carbonyl (C=O) groups excluding carboxylic acids is 2. The Morgan fingerprint density at radius 2 is 1.92 bits per heavy atom. The smallest absolute Gasteiger partial charge is 0.351 e. The molecule has 202 valence electrons. The number of nitrogens with zero attached hydrogens (tertiary/aromatic N) is 4. The summed E-state index contributed by atoms with van der Waals surface area (Å²) in [5.41, 5.74) is 0.147. The first-order chi connectivity index (χ1) is 18.6. The molecule has 1 aromatic heterocycles. The maximum Gasteiger partial charge on any atom is 0.416 e. The van der Waals surface area contributed by atoms with Crippen molar-refractivity contribution in [2.45, 2.75) is 31.1 Å². The van der Waals surface area contributed by atoms with Gasteiger partial charge in [-0.3, -0.25) is 19.6 Å². The molecule has 3 aliphatic heterocycles. The number of thioether (sulfide) groups is 1. The molecule has 1 spiro atoms. The largest absolute Gasteiger partial charge is 0.416 e. The molecule has 0 bridgehead atoms. The Bertz CT molecular complexity index is 1560. The summed E-state index contributed by atoms with van der Waals surface area (Å²) in [6.45, 7) is 1.62. The lowest BCUT2D eigenvalue weighted by Gasteiger charge is -2.37. The Hall–Kier alpha value is -3.35. The number of amidine groups is 1. The SMILES string of the molecule is O=C1N=C(N2CCC3(CC2)NCNC3=O)S/C1=C\c1ccc2c(cnn2Cc2ccc(Cl)cc2C(F)(F)F)c1. The summed E-state index contributed by atoms with van der Waals surface area (Å²) in [4.78, 5) is 31.6. The number of aromatic nitrogens is 2. The Labute approximate surface area is 230 Å². The molecule has 2 amide bonds. The third kappa shape index (κ3) is 4.92. The fraction of sp³-hybridized carbons (Fsp3) is 0.308. The van der Waals surface area contributed by atoms with Crippen LogP contribution in [-0.2, 0) is 22.3 Å². The van der Waals surface area contributed by atoms with E-state index in [9.17, 15) is 22.8 Å². The highest BCUT2D eigenvalue weighted by molar-refractivity contribution is 8.18. The van der Waals surface area contributed by atoms with Crippen LogP contribution >= 0.6 is 23.4 Å². The Morgan fingerprint density at radius 1 is 1.13 bits per heavy atom. The molecule has 2 N–H and O–H groups in total. The van der Waals surface area contributed by atoms with E-state index in [2.05, 4.69) is 20.7 Å². The van der Waals surface area contributed by atoms with Crippen LogP contribution in [0, 0.1) is 0 Å². The summed E-state index contributed by atoms with van der Waals surface area (Å²) >= 11 is 7.10. The molecule has 2 saturated heterocycles. The molecule has 0 aliphatic carbocycles. The second-order valence-corrected chi connectivity index (χ2v) is 11.1. The molecule has 3 aromatic rings. The van der Waals surface area contributed by atoms with Gasteiger partial charge < -0.3 is 10.2 Å². The lowest BCUT2D eigenvalue weighted by molar-refractivity contribution is -0.138. The van der Waals surface area contributed by atoms with Crippen molar-refractivity contribution in [1.82, 2.24) is 25.3 Å². The first kappa shape index (κ1) is 25.9. The van der Waals surface area contributed by atoms with E-state index in [-0.39, 0.29) is 28.9 Å². The van der Waals surface area contributed by atoms with Crippen molar-refractivity contribution in [2.24, 2.45) is 4.99 Å². The molecule has 2 aromatic carbocycles. The minimum atomic E-state index is -4.54. The van der Waals surface area contributed by atoms with Crippen molar-refractivity contribution in [3.63, 3.8) is 0 Å². The molecule has 3 aliphatic rings. The van der Waals surface area contributed by atoms with Gasteiger partial charge in [0.15, 0.2) is 5.17 Å². The highest BCUT2D eigenvalue weighted by Crippen LogP contribution is 2.36. The third-order valence-electron chi connectivity index (χ3n) is 7.27. The van der Waals surface area contributed by atoms with E-state index in [1.807, 2.05) is 11.0 Å². The molecule has 0 radical (unpaired) electrons. The Balaban J connectivity index is 1.17. The summed E-state index contributed by atoms with van der Waals surface area (Å²) in [6, 6.07) is 9.11. The van der Waals surface area contributed by atoms with Crippen LogP contribution in [0.3, 0.4) is 0 Å². The number of amides is 2. The van der Waals surface area contributed by atoms with E-state index in [1.54, 1.807) is 24.4 Å². The zero-order valence-electron chi connectivity index (χ0n) is 20.4. The Morgan fingerprint density at radius 3 is 2.64 bits per heavy atom. The van der Waals surface area contributed by atoms with E-state index in [4.69, 9.17) is 11.6 Å². The van der Waals surface area contributed by atoms with Crippen molar-refractivity contribution in [3.05, 3.63) is 69.2 Å². The molecule has 4 heterocycles. The van der Waals surface area contributed by atoms with Gasteiger partial charge >= 0.3 is 6.18 Å². The predicted molar refractivity (Wildman–Crippen MR) is 143 cm³/mol. The summed E-state index contributed by atoms with van der Waals surface area (Å²) < 4.78 is 42.1. The number of fused-ring (bicyclic) bond motifs is 1. The zero-order chi connectivity index (χ0) is 27.4. The second-order valence-electron chi connectivity index (χ2n) is 9.66. The van der Waals surface area contributed by atoms with Crippen molar-refractivity contribution in [3.8, 4) is 0 Å². The summed E-state index contributed by atoms with van der Waals surface area (Å²) in [6.07, 6.45) is 0.0632. The number of piperidine rings is 1. The number of likely N-dealkylation sites (tertiary alicyclic amines) is 1. The summed E-state index contributed by atoms with van der Waals surface area (Å²) in [7, 11) is 0. The molecular formula is C26H22ClF3N6O2S. The number of hydrogen-bond acceptors (Lipinski definition) is 6. The number of nitrogens with one attached hydrogen (secondary N) is 2. The van der Waals surface area contributed by atoms with Gasteiger partial charge in [-0.2, -0.15) is 23.3 Å². The van der Waals surface area contributed by atoms with Gasteiger partial charge in [-0.15, -0.1) is 0 Å². The van der Waals surface area contributed by atoms with Gasteiger partial charge in [0.2, 0.25) is 5.91 Å². The predicted octanol–water partition coefficient (Wildman–Crippen LogP) is 4.24. The first-order valence-electron chi connectivity index (χ1n) is 12.2. The van der Waals surface area contributed by atoms with Crippen LogP contribution in [0.1, 0.15) is 29.5 Å². The highest BCUT2D eigenvalue weighted by atomic mass is 35.5. The van der Waals surface area contributed by atoms with Crippen LogP contribution in [0.15, 0.2) is 52.5 Å². The number of benzene rings is 2. The Kier molecular flexibility index (Phi) is 6.43. The maximum atomic E-state index is 13.5. The quantitative estimate of drug-likeness (QED) is 0.455. The lowest BCUT2D eigenvalue weighted by Crippen LogP contribution is -2.55. The number of carbonyl (C=O) groups is 2. The van der Waals surface area contributed by atoms with Gasteiger partial charge in [0.05, 0.1) is 35.4 Å². The fourth-order valence-electron chi connectivity index (χ4n) is 5.14. The van der Waals surface area contributed by atoms with Gasteiger partial charge in [0.25, 0.3) is 5.91 Å². The highest BCUT2D eigenvalue weighted by Gasteiger charge is 2.45. The van der Waals surface area contributed by atoms with Crippen LogP contribution in [0.2, 0.25) is 5.02 Å². The number of halogens is 4. The third-order valence-corrected chi connectivity index (χ3v) is 8.55. The molecule has 8 nitrogen and oxygen atoms in total. The topological polar surface area (TPSA) is 91.6 Å². The fourth-order valence-corrected chi connectivity index (χ4v) is 6.28. The van der Waals surface area contributed by atoms with Gasteiger partial charge in [0.1, 0.15) is 5.54 Å². The van der Waals surface area contributed by atoms with Crippen molar-refractivity contribution < 1.29 is 22.8 Å². The summed E-state index contributed by atoms with van der Waals surface area (Å²) in [5.74, 6) is -0.308. The van der Waals surface area contributed by atoms with Crippen LogP contribution in [0.4, 0.5) is 13.2 Å². The molecule has 39 heavy (non-hydrogen) atoms. The molecular weight excluding hydrogens is 553 g/mol. The van der Waals surface area contributed by atoms with Crippen LogP contribution in [-0.4, -0.2) is 57.0 Å². The minimum absolute atomic E-state index is 0.0166. The van der Waals surface area contributed by atoms with Crippen LogP contribution in [0.25, 0.3) is 17.0 Å². The normalized spacial score (nSPS) is 20.4. The van der Waals surface area contributed by atoms with Crippen molar-refractivity contribution >= 4 is 57.3 Å². The molecule has 0 unspecified atom stereocenters. The van der Waals surface area contributed by atoms with Crippen molar-refractivity contribution in [2.75, 3.05) is 19.8 Å². The number of hydrogen-bond donors (Lipinski definition) is 2. The maximum absolute atomic E-state index is 13.5. The summed E-state index contributed by atoms with van der Waals surface area (Å²) in [5, 5.41) is 11.7. The molecule has 2 fully saturated rings. The van der Waals surface area contributed by atoms with E-state index < -0.39 is 17.3 Å². The van der Waals surface area contributed by atoms with Crippen LogP contribution in [0.5, 0.6) is 0 Å². The van der Waals surface area contributed by atoms with E-state index in [0.29, 0.717) is 48.2 Å². The van der Waals surface area contributed by atoms with Crippen molar-refractivity contribution in [1.29, 1.82) is 0 Å². The second kappa shape index (κ2) is 9.68. The molecule has 0 saturated carbocycles. The van der Waals surface area contributed by atoms with Gasteiger partial charge in [-0.1, -0.05) is 23.7 Å². The first-order valence-corrected chi connectivity index (χ1v) is 13.4. The minimum Gasteiger partial charge on any atom is -0.351 e. The van der Waals surface area contributed by atoms with Crippen LogP contribution < -0.4 is 10.6 Å². The zero-order valence-corrected chi connectivity index (χ0v) is 22.0. The van der Waals surface area contributed by atoms with Gasteiger partial charge in [0, 0.05) is 23.5 Å². The standard InChI is InChI=1S/C26H22ClF3N6O2S/c27-18-3-2-16(19(11-18)26(28,29)30)13-36-20-4-1-15(9-17(20)12-33-36)10-21-22(37)34-24(39-21)35-7-5-25(6-8-35)23(38)31-14-32-25/h1-4,9-12,32H,5-8,13-14H2,(H,31,38)/b21-10-. The average molecular weight is 575 g/mol. The number of aliphatic imine (C=N–C) groups is 1. The molecule has 0 atom stereocenters. The lowest BCUT2D eigenvalue weighted by atomic mass is 9.88. The number of rotatable bonds is 3. The van der Waals surface area contributed by atoms with Gasteiger partial charge in [-0.05, 0) is 66.1 Å². The molecule has 6 rings (SSSR count). The van der Waals surface area contributed by atoms with E-state index >= 15 is 0 Å². The molecule has 13 heteroatoms. The van der Waals surface area contributed by atoms with Gasteiger partial charge in [-0.25, -0.2) is 0 Å². The monoisotopic (exact) mass is 574 g/mol. The average Bonchev–Trinajstić information content (AvgIpc) is 3.58. The van der Waals surface area contributed by atoms with E-state index in [1.165, 1.54) is 28.6 Å². The number of alkyl halides is 3. The van der Waals surface area contributed by atoms with E-state index in [0.717, 1.165) is 17.0 Å².